The van der Waals surface area contributed by atoms with Crippen LogP contribution >= 0.6 is 0 Å². The molecule has 1 aromatic heterocycles. The molecule has 0 radical (unpaired) electrons. The van der Waals surface area contributed by atoms with Crippen molar-refractivity contribution in [1.29, 1.82) is 0 Å². The molecule has 1 aliphatic rings. The van der Waals surface area contributed by atoms with Crippen molar-refractivity contribution < 1.29 is 4.74 Å². The Labute approximate surface area is 197 Å². The predicted molar refractivity (Wildman–Crippen MR) is 134 cm³/mol. The SMILES string of the molecule is CN=C(NCc1ccccc1-c1ccc(Cn2ccnc2)cc1)N(C)CCC1CCOCC1. The molecule has 1 saturated heterocycles. The second-order valence-electron chi connectivity index (χ2n) is 8.76. The molecule has 0 saturated carbocycles. The van der Waals surface area contributed by atoms with Crippen LogP contribution in [0.2, 0.25) is 0 Å². The Morgan fingerprint density at radius 1 is 1.15 bits per heavy atom. The second kappa shape index (κ2) is 11.7. The predicted octanol–water partition coefficient (Wildman–Crippen LogP) is 4.42. The number of nitrogens with zero attached hydrogens (tertiary/aromatic N) is 4. The van der Waals surface area contributed by atoms with Crippen molar-refractivity contribution in [2.75, 3.05) is 33.9 Å². The van der Waals surface area contributed by atoms with E-state index >= 15 is 0 Å². The molecule has 3 aromatic rings. The highest BCUT2D eigenvalue weighted by atomic mass is 16.5. The summed E-state index contributed by atoms with van der Waals surface area (Å²) in [4.78, 5) is 10.9. The number of aromatic nitrogens is 2. The van der Waals surface area contributed by atoms with E-state index in [1.807, 2.05) is 25.8 Å². The molecule has 0 amide bonds. The third-order valence-electron chi connectivity index (χ3n) is 6.43. The molecular formula is C27H35N5O. The van der Waals surface area contributed by atoms with Crippen LogP contribution in [0.25, 0.3) is 11.1 Å². The number of guanidine groups is 1. The summed E-state index contributed by atoms with van der Waals surface area (Å²) in [5.41, 5.74) is 5.00. The Morgan fingerprint density at radius 3 is 2.67 bits per heavy atom. The molecule has 6 nitrogen and oxygen atoms in total. The van der Waals surface area contributed by atoms with E-state index in [0.717, 1.165) is 44.7 Å². The molecule has 1 fully saturated rings. The topological polar surface area (TPSA) is 54.7 Å². The van der Waals surface area contributed by atoms with Gasteiger partial charge in [-0.15, -0.1) is 0 Å². The summed E-state index contributed by atoms with van der Waals surface area (Å²) < 4.78 is 7.57. The number of benzene rings is 2. The molecule has 0 spiro atoms. The Hall–Kier alpha value is -3.12. The largest absolute Gasteiger partial charge is 0.381 e. The van der Waals surface area contributed by atoms with Gasteiger partial charge in [0.2, 0.25) is 0 Å². The zero-order valence-corrected chi connectivity index (χ0v) is 19.8. The minimum Gasteiger partial charge on any atom is -0.381 e. The second-order valence-corrected chi connectivity index (χ2v) is 8.76. The van der Waals surface area contributed by atoms with Gasteiger partial charge in [0, 0.05) is 59.3 Å². The van der Waals surface area contributed by atoms with Gasteiger partial charge in [-0.1, -0.05) is 48.5 Å². The summed E-state index contributed by atoms with van der Waals surface area (Å²) in [6.45, 7) is 4.39. The highest BCUT2D eigenvalue weighted by Crippen LogP contribution is 2.24. The minimum atomic E-state index is 0.737. The zero-order valence-electron chi connectivity index (χ0n) is 19.8. The van der Waals surface area contributed by atoms with Crippen LogP contribution in [-0.4, -0.2) is 54.3 Å². The number of imidazole rings is 1. The van der Waals surface area contributed by atoms with Crippen LogP contribution in [0.15, 0.2) is 72.2 Å². The maximum Gasteiger partial charge on any atom is 0.193 e. The smallest absolute Gasteiger partial charge is 0.193 e. The van der Waals surface area contributed by atoms with E-state index in [1.54, 1.807) is 0 Å². The molecule has 4 rings (SSSR count). The van der Waals surface area contributed by atoms with Gasteiger partial charge in [0.05, 0.1) is 6.33 Å². The number of ether oxygens (including phenoxy) is 1. The average Bonchev–Trinajstić information content (AvgIpc) is 3.38. The van der Waals surface area contributed by atoms with Crippen molar-refractivity contribution >= 4 is 5.96 Å². The van der Waals surface area contributed by atoms with Crippen LogP contribution in [0, 0.1) is 5.92 Å². The van der Waals surface area contributed by atoms with Crippen molar-refractivity contribution in [3.63, 3.8) is 0 Å². The first-order valence-corrected chi connectivity index (χ1v) is 11.9. The number of hydrogen-bond donors (Lipinski definition) is 1. The summed E-state index contributed by atoms with van der Waals surface area (Å²) in [6, 6.07) is 17.4. The molecule has 0 aliphatic carbocycles. The van der Waals surface area contributed by atoms with Gasteiger partial charge in [0.15, 0.2) is 5.96 Å². The fourth-order valence-corrected chi connectivity index (χ4v) is 4.41. The maximum atomic E-state index is 5.49. The normalized spacial score (nSPS) is 14.9. The standard InChI is InChI=1S/C27H35N5O/c1-28-27(31(2)15-11-22-12-17-33-18-13-22)30-19-25-5-3-4-6-26(25)24-9-7-23(8-10-24)20-32-16-14-29-21-32/h3-10,14,16,21-22H,11-13,15,17-20H2,1-2H3,(H,28,30). The molecule has 0 atom stereocenters. The number of nitrogens with one attached hydrogen (secondary N) is 1. The third kappa shape index (κ3) is 6.45. The van der Waals surface area contributed by atoms with Gasteiger partial charge in [-0.25, -0.2) is 4.98 Å². The Balaban J connectivity index is 1.36. The quantitative estimate of drug-likeness (QED) is 0.412. The van der Waals surface area contributed by atoms with E-state index in [4.69, 9.17) is 4.74 Å². The minimum absolute atomic E-state index is 0.737. The van der Waals surface area contributed by atoms with Crippen molar-refractivity contribution in [2.45, 2.75) is 32.4 Å². The molecule has 1 aliphatic heterocycles. The molecule has 2 aromatic carbocycles. The summed E-state index contributed by atoms with van der Waals surface area (Å²) in [7, 11) is 3.98. The van der Waals surface area contributed by atoms with Crippen molar-refractivity contribution in [1.82, 2.24) is 19.8 Å². The Kier molecular flexibility index (Phi) is 8.14. The molecule has 1 N–H and O–H groups in total. The van der Waals surface area contributed by atoms with Gasteiger partial charge >= 0.3 is 0 Å². The number of hydrogen-bond acceptors (Lipinski definition) is 3. The Morgan fingerprint density at radius 2 is 1.94 bits per heavy atom. The molecule has 33 heavy (non-hydrogen) atoms. The molecule has 6 heteroatoms. The van der Waals surface area contributed by atoms with E-state index in [1.165, 1.54) is 41.5 Å². The van der Waals surface area contributed by atoms with Gasteiger partial charge < -0.3 is 19.5 Å². The zero-order chi connectivity index (χ0) is 22.9. The van der Waals surface area contributed by atoms with E-state index in [-0.39, 0.29) is 0 Å². The van der Waals surface area contributed by atoms with Gasteiger partial charge in [-0.3, -0.25) is 4.99 Å². The fourth-order valence-electron chi connectivity index (χ4n) is 4.41. The van der Waals surface area contributed by atoms with Gasteiger partial charge in [0.25, 0.3) is 0 Å². The molecule has 0 bridgehead atoms. The lowest BCUT2D eigenvalue weighted by atomic mass is 9.96. The first kappa shape index (κ1) is 23.1. The van der Waals surface area contributed by atoms with Gasteiger partial charge in [0.1, 0.15) is 0 Å². The first-order valence-electron chi connectivity index (χ1n) is 11.9. The van der Waals surface area contributed by atoms with Crippen molar-refractivity contribution in [3.8, 4) is 11.1 Å². The Bertz CT molecular complexity index is 1010. The van der Waals surface area contributed by atoms with Crippen LogP contribution in [0.5, 0.6) is 0 Å². The summed E-state index contributed by atoms with van der Waals surface area (Å²) >= 11 is 0. The lowest BCUT2D eigenvalue weighted by Crippen LogP contribution is -2.39. The van der Waals surface area contributed by atoms with E-state index in [2.05, 4.69) is 80.3 Å². The fraction of sp³-hybridized carbons (Fsp3) is 0.407. The lowest BCUT2D eigenvalue weighted by Gasteiger charge is -2.27. The summed E-state index contributed by atoms with van der Waals surface area (Å²) in [5, 5.41) is 3.57. The van der Waals surface area contributed by atoms with Crippen LogP contribution in [0.4, 0.5) is 0 Å². The maximum absolute atomic E-state index is 5.49. The average molecular weight is 446 g/mol. The van der Waals surface area contributed by atoms with Gasteiger partial charge in [-0.2, -0.15) is 0 Å². The number of aliphatic imine (C=N–C) groups is 1. The van der Waals surface area contributed by atoms with Crippen LogP contribution < -0.4 is 5.32 Å². The number of rotatable bonds is 8. The van der Waals surface area contributed by atoms with Crippen LogP contribution in [0.3, 0.4) is 0 Å². The molecule has 0 unspecified atom stereocenters. The highest BCUT2D eigenvalue weighted by molar-refractivity contribution is 5.80. The lowest BCUT2D eigenvalue weighted by molar-refractivity contribution is 0.0625. The van der Waals surface area contributed by atoms with Crippen LogP contribution in [-0.2, 0) is 17.8 Å². The van der Waals surface area contributed by atoms with Crippen molar-refractivity contribution in [2.24, 2.45) is 10.9 Å². The molecular weight excluding hydrogens is 410 g/mol. The summed E-state index contributed by atoms with van der Waals surface area (Å²) in [5.74, 6) is 1.70. The van der Waals surface area contributed by atoms with Crippen molar-refractivity contribution in [3.05, 3.63) is 78.4 Å². The monoisotopic (exact) mass is 445 g/mol. The molecule has 2 heterocycles. The van der Waals surface area contributed by atoms with E-state index in [0.29, 0.717) is 0 Å². The summed E-state index contributed by atoms with van der Waals surface area (Å²) in [6.07, 6.45) is 9.18. The molecule has 174 valence electrons. The third-order valence-corrected chi connectivity index (χ3v) is 6.43. The van der Waals surface area contributed by atoms with Gasteiger partial charge in [-0.05, 0) is 47.4 Å². The van der Waals surface area contributed by atoms with Crippen LogP contribution in [0.1, 0.15) is 30.4 Å². The van der Waals surface area contributed by atoms with E-state index < -0.39 is 0 Å². The first-order chi connectivity index (χ1) is 16.2. The van der Waals surface area contributed by atoms with E-state index in [9.17, 15) is 0 Å². The highest BCUT2D eigenvalue weighted by Gasteiger charge is 2.15.